The van der Waals surface area contributed by atoms with Gasteiger partial charge in [0.25, 0.3) is 5.91 Å². The second-order valence-electron chi connectivity index (χ2n) is 5.83. The van der Waals surface area contributed by atoms with Crippen molar-refractivity contribution in [2.45, 2.75) is 51.7 Å². The van der Waals surface area contributed by atoms with Crippen LogP contribution < -0.4 is 5.32 Å². The lowest BCUT2D eigenvalue weighted by molar-refractivity contribution is -0.147. The van der Waals surface area contributed by atoms with Crippen LogP contribution in [0.1, 0.15) is 44.5 Å². The average Bonchev–Trinajstić information content (AvgIpc) is 2.76. The van der Waals surface area contributed by atoms with Crippen LogP contribution in [0.2, 0.25) is 0 Å². The minimum absolute atomic E-state index is 0.0333. The third-order valence-corrected chi connectivity index (χ3v) is 4.30. The van der Waals surface area contributed by atoms with Crippen LogP contribution in [0.4, 0.5) is 0 Å². The molecular weight excluding hydrogens is 248 g/mol. The van der Waals surface area contributed by atoms with Gasteiger partial charge in [-0.25, -0.2) is 4.98 Å². The first-order valence-corrected chi connectivity index (χ1v) is 7.18. The molecule has 1 aliphatic carbocycles. The fourth-order valence-electron chi connectivity index (χ4n) is 2.68. The molecule has 1 saturated carbocycles. The number of hydrogen-bond acceptors (Lipinski definition) is 4. The minimum atomic E-state index is -1.21. The molecule has 1 fully saturated rings. The van der Waals surface area contributed by atoms with E-state index in [0.29, 0.717) is 19.4 Å². The summed E-state index contributed by atoms with van der Waals surface area (Å²) < 4.78 is 0. The highest BCUT2D eigenvalue weighted by Gasteiger charge is 2.43. The number of carbonyl (C=O) groups excluding carboxylic acids is 1. The van der Waals surface area contributed by atoms with Gasteiger partial charge in [-0.3, -0.25) is 4.79 Å². The molecule has 1 atom stereocenters. The minimum Gasteiger partial charge on any atom is -0.380 e. The Labute approximate surface area is 111 Å². The van der Waals surface area contributed by atoms with Crippen molar-refractivity contribution in [3.8, 4) is 0 Å². The summed E-state index contributed by atoms with van der Waals surface area (Å²) in [6, 6.07) is 0. The van der Waals surface area contributed by atoms with Crippen molar-refractivity contribution in [1.29, 1.82) is 0 Å². The molecule has 100 valence electrons. The van der Waals surface area contributed by atoms with Gasteiger partial charge < -0.3 is 10.4 Å². The number of thiazole rings is 1. The maximum absolute atomic E-state index is 12.1. The molecule has 0 bridgehead atoms. The Kier molecular flexibility index (Phi) is 3.73. The second-order valence-corrected chi connectivity index (χ2v) is 6.81. The molecule has 4 nitrogen and oxygen atoms in total. The molecule has 5 heteroatoms. The van der Waals surface area contributed by atoms with Gasteiger partial charge in [0.1, 0.15) is 10.6 Å². The number of amides is 1. The summed E-state index contributed by atoms with van der Waals surface area (Å²) in [5, 5.41) is 16.0. The van der Waals surface area contributed by atoms with Gasteiger partial charge in [0.05, 0.1) is 6.54 Å². The maximum Gasteiger partial charge on any atom is 0.252 e. The molecule has 2 N–H and O–H groups in total. The third-order valence-electron chi connectivity index (χ3n) is 3.52. The number of rotatable bonds is 3. The fraction of sp³-hybridized carbons (Fsp3) is 0.692. The van der Waals surface area contributed by atoms with E-state index in [-0.39, 0.29) is 11.3 Å². The van der Waals surface area contributed by atoms with E-state index in [1.807, 2.05) is 5.38 Å². The molecule has 2 rings (SSSR count). The molecule has 1 unspecified atom stereocenters. The van der Waals surface area contributed by atoms with Crippen LogP contribution in [0.25, 0.3) is 0 Å². The Morgan fingerprint density at radius 1 is 1.56 bits per heavy atom. The topological polar surface area (TPSA) is 62.2 Å². The Morgan fingerprint density at radius 3 is 2.94 bits per heavy atom. The largest absolute Gasteiger partial charge is 0.380 e. The van der Waals surface area contributed by atoms with Crippen molar-refractivity contribution < 1.29 is 9.90 Å². The van der Waals surface area contributed by atoms with Crippen molar-refractivity contribution >= 4 is 17.2 Å². The number of aromatic nitrogens is 1. The summed E-state index contributed by atoms with van der Waals surface area (Å²) in [4.78, 5) is 16.2. The van der Waals surface area contributed by atoms with Crippen molar-refractivity contribution in [2.24, 2.45) is 5.41 Å². The van der Waals surface area contributed by atoms with Gasteiger partial charge in [-0.15, -0.1) is 11.3 Å². The molecule has 0 saturated heterocycles. The van der Waals surface area contributed by atoms with Crippen LogP contribution in [0.15, 0.2) is 11.6 Å². The van der Waals surface area contributed by atoms with Crippen LogP contribution in [-0.2, 0) is 11.3 Å². The number of carbonyl (C=O) groups is 1. The zero-order valence-corrected chi connectivity index (χ0v) is 11.7. The number of hydrogen-bond donors (Lipinski definition) is 2. The van der Waals surface area contributed by atoms with E-state index in [0.717, 1.165) is 17.8 Å². The first kappa shape index (κ1) is 13.5. The zero-order chi connectivity index (χ0) is 13.2. The van der Waals surface area contributed by atoms with Crippen LogP contribution in [0.5, 0.6) is 0 Å². The lowest BCUT2D eigenvalue weighted by Crippen LogP contribution is -2.51. The Hall–Kier alpha value is -0.940. The standard InChI is InChI=1S/C13H20N2O2S/c1-12(2)4-3-5-13(17,9-12)11(16)15-8-10-14-6-7-18-10/h6-7,17H,3-5,8-9H2,1-2H3,(H,15,16). The summed E-state index contributed by atoms with van der Waals surface area (Å²) in [6.07, 6.45) is 4.76. The lowest BCUT2D eigenvalue weighted by atomic mass is 9.69. The van der Waals surface area contributed by atoms with Gasteiger partial charge in [0.2, 0.25) is 0 Å². The maximum atomic E-state index is 12.1. The Bertz CT molecular complexity index is 417. The normalized spacial score (nSPS) is 26.8. The van der Waals surface area contributed by atoms with E-state index in [1.165, 1.54) is 11.3 Å². The number of nitrogens with zero attached hydrogens (tertiary/aromatic N) is 1. The lowest BCUT2D eigenvalue weighted by Gasteiger charge is -2.40. The summed E-state index contributed by atoms with van der Waals surface area (Å²) in [5.41, 5.74) is -1.18. The van der Waals surface area contributed by atoms with E-state index < -0.39 is 5.60 Å². The van der Waals surface area contributed by atoms with Crippen LogP contribution in [0.3, 0.4) is 0 Å². The van der Waals surface area contributed by atoms with Gasteiger partial charge in [-0.2, -0.15) is 0 Å². The first-order chi connectivity index (χ1) is 8.41. The summed E-state index contributed by atoms with van der Waals surface area (Å²) in [7, 11) is 0. The van der Waals surface area contributed by atoms with Crippen LogP contribution >= 0.6 is 11.3 Å². The van der Waals surface area contributed by atoms with Gasteiger partial charge in [-0.05, 0) is 31.1 Å². The van der Waals surface area contributed by atoms with Crippen molar-refractivity contribution in [3.05, 3.63) is 16.6 Å². The Morgan fingerprint density at radius 2 is 2.33 bits per heavy atom. The van der Waals surface area contributed by atoms with E-state index in [9.17, 15) is 9.90 Å². The average molecular weight is 268 g/mol. The van der Waals surface area contributed by atoms with Crippen LogP contribution in [-0.4, -0.2) is 21.6 Å². The summed E-state index contributed by atoms with van der Waals surface area (Å²) in [5.74, 6) is -0.259. The summed E-state index contributed by atoms with van der Waals surface area (Å²) >= 11 is 1.50. The molecular formula is C13H20N2O2S. The van der Waals surface area contributed by atoms with Crippen molar-refractivity contribution in [2.75, 3.05) is 0 Å². The Balaban J connectivity index is 1.95. The fourth-order valence-corrected chi connectivity index (χ4v) is 3.24. The summed E-state index contributed by atoms with van der Waals surface area (Å²) in [6.45, 7) is 4.61. The molecule has 1 amide bonds. The monoisotopic (exact) mass is 268 g/mol. The molecule has 0 radical (unpaired) electrons. The van der Waals surface area contributed by atoms with E-state index in [2.05, 4.69) is 24.1 Å². The third kappa shape index (κ3) is 3.09. The predicted molar refractivity (Wildman–Crippen MR) is 71.2 cm³/mol. The molecule has 18 heavy (non-hydrogen) atoms. The molecule has 1 heterocycles. The molecule has 1 aromatic rings. The highest BCUT2D eigenvalue weighted by molar-refractivity contribution is 7.09. The highest BCUT2D eigenvalue weighted by atomic mass is 32.1. The van der Waals surface area contributed by atoms with Gasteiger partial charge in [0, 0.05) is 11.6 Å². The van der Waals surface area contributed by atoms with Gasteiger partial charge >= 0.3 is 0 Å². The zero-order valence-electron chi connectivity index (χ0n) is 10.9. The van der Waals surface area contributed by atoms with Crippen molar-refractivity contribution in [1.82, 2.24) is 10.3 Å². The molecule has 0 aromatic carbocycles. The van der Waals surface area contributed by atoms with Gasteiger partial charge in [0.15, 0.2) is 0 Å². The highest BCUT2D eigenvalue weighted by Crippen LogP contribution is 2.41. The van der Waals surface area contributed by atoms with Crippen LogP contribution in [0, 0.1) is 5.41 Å². The SMILES string of the molecule is CC1(C)CCCC(O)(C(=O)NCc2nccs2)C1. The second kappa shape index (κ2) is 4.97. The molecule has 0 spiro atoms. The molecule has 1 aliphatic rings. The molecule has 1 aromatic heterocycles. The van der Waals surface area contributed by atoms with Crippen molar-refractivity contribution in [3.63, 3.8) is 0 Å². The quantitative estimate of drug-likeness (QED) is 0.882. The smallest absolute Gasteiger partial charge is 0.252 e. The number of nitrogens with one attached hydrogen (secondary N) is 1. The number of aliphatic hydroxyl groups is 1. The van der Waals surface area contributed by atoms with E-state index in [1.54, 1.807) is 6.20 Å². The first-order valence-electron chi connectivity index (χ1n) is 6.30. The van der Waals surface area contributed by atoms with E-state index in [4.69, 9.17) is 0 Å². The van der Waals surface area contributed by atoms with Gasteiger partial charge in [-0.1, -0.05) is 13.8 Å². The van der Waals surface area contributed by atoms with E-state index >= 15 is 0 Å². The predicted octanol–water partition coefficient (Wildman–Crippen LogP) is 2.09. The molecule has 0 aliphatic heterocycles.